The molecule has 3 rings (SSSR count). The topological polar surface area (TPSA) is 59.8 Å². The summed E-state index contributed by atoms with van der Waals surface area (Å²) in [5, 5.41) is 12.5. The van der Waals surface area contributed by atoms with Crippen LogP contribution in [0.5, 0.6) is 0 Å². The third-order valence-electron chi connectivity index (χ3n) is 4.98. The maximum atomic E-state index is 11.7. The average molecular weight is 453 g/mol. The van der Waals surface area contributed by atoms with Crippen LogP contribution in [0, 0.1) is 13.8 Å². The van der Waals surface area contributed by atoms with Gasteiger partial charge in [0.15, 0.2) is 5.16 Å². The number of hydrogen-bond donors (Lipinski definition) is 1. The fraction of sp³-hybridized carbons (Fsp3) is 0.423. The van der Waals surface area contributed by atoms with Crippen LogP contribution in [-0.2, 0) is 11.2 Å². The van der Waals surface area contributed by atoms with E-state index in [2.05, 4.69) is 77.3 Å². The number of carbonyl (C=O) groups is 1. The van der Waals surface area contributed by atoms with Crippen molar-refractivity contribution in [1.82, 2.24) is 20.1 Å². The lowest BCUT2D eigenvalue weighted by molar-refractivity contribution is -0.121. The van der Waals surface area contributed by atoms with Crippen molar-refractivity contribution in [2.24, 2.45) is 0 Å². The second-order valence-corrected chi connectivity index (χ2v) is 8.62. The van der Waals surface area contributed by atoms with Crippen molar-refractivity contribution in [2.45, 2.75) is 64.5 Å². The number of hydrogen-bond acceptors (Lipinski definition) is 4. The molecule has 0 aliphatic heterocycles. The Labute approximate surface area is 197 Å². The molecule has 0 bridgehead atoms. The van der Waals surface area contributed by atoms with Crippen LogP contribution in [-0.4, -0.2) is 33.5 Å². The number of rotatable bonds is 10. The van der Waals surface area contributed by atoms with E-state index in [1.54, 1.807) is 11.8 Å². The number of benzene rings is 2. The second kappa shape index (κ2) is 14.5. The normalized spacial score (nSPS) is 10.4. The van der Waals surface area contributed by atoms with Gasteiger partial charge in [0.1, 0.15) is 5.82 Å². The van der Waals surface area contributed by atoms with Crippen molar-refractivity contribution in [1.29, 1.82) is 0 Å². The van der Waals surface area contributed by atoms with Gasteiger partial charge >= 0.3 is 0 Å². The van der Waals surface area contributed by atoms with Crippen molar-refractivity contribution in [3.63, 3.8) is 0 Å². The Hall–Kier alpha value is -2.60. The van der Waals surface area contributed by atoms with Gasteiger partial charge < -0.3 is 5.32 Å². The largest absolute Gasteiger partial charge is 0.356 e. The molecule has 0 aliphatic rings. The Balaban J connectivity index is 0.000000380. The molecule has 0 spiro atoms. The van der Waals surface area contributed by atoms with Gasteiger partial charge in [0.2, 0.25) is 5.91 Å². The maximum Gasteiger partial charge on any atom is 0.219 e. The minimum atomic E-state index is 0.151. The van der Waals surface area contributed by atoms with Crippen molar-refractivity contribution >= 4 is 17.7 Å². The molecule has 1 aromatic heterocycles. The number of nitrogens with one attached hydrogen (secondary N) is 1. The van der Waals surface area contributed by atoms with Gasteiger partial charge in [-0.25, -0.2) is 0 Å². The summed E-state index contributed by atoms with van der Waals surface area (Å²) >= 11 is 1.59. The molecule has 172 valence electrons. The fourth-order valence-electron chi connectivity index (χ4n) is 3.30. The summed E-state index contributed by atoms with van der Waals surface area (Å²) in [6.07, 6.45) is 7.36. The van der Waals surface area contributed by atoms with Gasteiger partial charge in [0.25, 0.3) is 0 Å². The van der Waals surface area contributed by atoms with E-state index in [9.17, 15) is 4.79 Å². The quantitative estimate of drug-likeness (QED) is 0.306. The van der Waals surface area contributed by atoms with E-state index in [0.717, 1.165) is 55.3 Å². The molecule has 0 saturated carbocycles. The zero-order valence-electron chi connectivity index (χ0n) is 19.8. The first kappa shape index (κ1) is 25.7. The molecule has 6 heteroatoms. The Morgan fingerprint density at radius 1 is 0.969 bits per heavy atom. The molecular formula is C26H36N4OS. The van der Waals surface area contributed by atoms with Crippen LogP contribution >= 0.6 is 11.8 Å². The first-order valence-electron chi connectivity index (χ1n) is 11.4. The van der Waals surface area contributed by atoms with Crippen molar-refractivity contribution < 1.29 is 4.79 Å². The van der Waals surface area contributed by atoms with Gasteiger partial charge in [-0.2, -0.15) is 0 Å². The van der Waals surface area contributed by atoms with Gasteiger partial charge in [-0.15, -0.1) is 10.2 Å². The number of para-hydroxylation sites is 1. The molecule has 5 nitrogen and oxygen atoms in total. The molecule has 1 amide bonds. The predicted molar refractivity (Wildman–Crippen MR) is 135 cm³/mol. The van der Waals surface area contributed by atoms with E-state index in [-0.39, 0.29) is 5.91 Å². The number of amides is 1. The SMILES string of the molecule is CCCCNC(=O)CCCCc1nnc(SC)n1-c1ccccc1.Cc1cccc(C)c1. The van der Waals surface area contributed by atoms with Crippen molar-refractivity contribution in [3.8, 4) is 5.69 Å². The smallest absolute Gasteiger partial charge is 0.219 e. The van der Waals surface area contributed by atoms with Crippen LogP contribution in [0.3, 0.4) is 0 Å². The fourth-order valence-corrected chi connectivity index (χ4v) is 3.82. The van der Waals surface area contributed by atoms with Gasteiger partial charge in [-0.05, 0) is 51.5 Å². The molecule has 32 heavy (non-hydrogen) atoms. The highest BCUT2D eigenvalue weighted by Gasteiger charge is 2.13. The van der Waals surface area contributed by atoms with E-state index in [1.807, 2.05) is 24.5 Å². The molecular weight excluding hydrogens is 416 g/mol. The van der Waals surface area contributed by atoms with Crippen molar-refractivity contribution in [2.75, 3.05) is 12.8 Å². The summed E-state index contributed by atoms with van der Waals surface area (Å²) in [6.45, 7) is 7.12. The molecule has 0 radical (unpaired) electrons. The Morgan fingerprint density at radius 2 is 1.69 bits per heavy atom. The first-order valence-corrected chi connectivity index (χ1v) is 12.6. The summed E-state index contributed by atoms with van der Waals surface area (Å²) in [6, 6.07) is 18.6. The van der Waals surface area contributed by atoms with E-state index in [4.69, 9.17) is 0 Å². The number of nitrogens with zero attached hydrogens (tertiary/aromatic N) is 3. The Morgan fingerprint density at radius 3 is 2.28 bits per heavy atom. The number of unbranched alkanes of at least 4 members (excludes halogenated alkanes) is 2. The molecule has 0 atom stereocenters. The predicted octanol–water partition coefficient (Wildman–Crippen LogP) is 5.92. The van der Waals surface area contributed by atoms with Gasteiger partial charge in [0, 0.05) is 25.1 Å². The highest BCUT2D eigenvalue weighted by molar-refractivity contribution is 7.98. The molecule has 1 heterocycles. The highest BCUT2D eigenvalue weighted by atomic mass is 32.2. The summed E-state index contributed by atoms with van der Waals surface area (Å²) < 4.78 is 2.10. The molecule has 2 aromatic carbocycles. The van der Waals surface area contributed by atoms with E-state index < -0.39 is 0 Å². The third-order valence-corrected chi connectivity index (χ3v) is 5.61. The van der Waals surface area contributed by atoms with Crippen molar-refractivity contribution in [3.05, 3.63) is 71.5 Å². The number of aryl methyl sites for hydroxylation is 3. The summed E-state index contributed by atoms with van der Waals surface area (Å²) in [5.41, 5.74) is 3.76. The van der Waals surface area contributed by atoms with Crippen LogP contribution in [0.2, 0.25) is 0 Å². The zero-order chi connectivity index (χ0) is 23.2. The summed E-state index contributed by atoms with van der Waals surface area (Å²) in [4.78, 5) is 11.7. The molecule has 0 aliphatic carbocycles. The maximum absolute atomic E-state index is 11.7. The molecule has 0 fully saturated rings. The highest BCUT2D eigenvalue weighted by Crippen LogP contribution is 2.21. The van der Waals surface area contributed by atoms with Crippen LogP contribution in [0.15, 0.2) is 59.8 Å². The molecule has 3 aromatic rings. The van der Waals surface area contributed by atoms with Crippen LogP contribution in [0.25, 0.3) is 5.69 Å². The lowest BCUT2D eigenvalue weighted by atomic mass is 10.1. The zero-order valence-corrected chi connectivity index (χ0v) is 20.6. The molecule has 0 unspecified atom stereocenters. The molecule has 0 saturated heterocycles. The van der Waals surface area contributed by atoms with E-state index >= 15 is 0 Å². The van der Waals surface area contributed by atoms with Gasteiger partial charge in [0.05, 0.1) is 0 Å². The number of aromatic nitrogens is 3. The lowest BCUT2D eigenvalue weighted by Crippen LogP contribution is -2.23. The van der Waals surface area contributed by atoms with Crippen LogP contribution in [0.1, 0.15) is 56.0 Å². The summed E-state index contributed by atoms with van der Waals surface area (Å²) in [7, 11) is 0. The molecule has 1 N–H and O–H groups in total. The van der Waals surface area contributed by atoms with E-state index in [0.29, 0.717) is 6.42 Å². The van der Waals surface area contributed by atoms with Gasteiger partial charge in [-0.1, -0.05) is 78.7 Å². The van der Waals surface area contributed by atoms with Crippen LogP contribution in [0.4, 0.5) is 0 Å². The number of thioether (sulfide) groups is 1. The van der Waals surface area contributed by atoms with Crippen LogP contribution < -0.4 is 5.32 Å². The monoisotopic (exact) mass is 452 g/mol. The Bertz CT molecular complexity index is 923. The van der Waals surface area contributed by atoms with Gasteiger partial charge in [-0.3, -0.25) is 9.36 Å². The third kappa shape index (κ3) is 8.87. The number of carbonyl (C=O) groups excluding carboxylic acids is 1. The first-order chi connectivity index (χ1) is 15.5. The second-order valence-electron chi connectivity index (χ2n) is 7.84. The minimum absolute atomic E-state index is 0.151. The Kier molecular flexibility index (Phi) is 11.6. The standard InChI is InChI=1S/C18H26N4OS.C8H10/c1-3-4-14-19-17(23)13-9-8-12-16-20-21-18(24-2)22(16)15-10-6-5-7-11-15;1-7-4-3-5-8(2)6-7/h5-7,10-11H,3-4,8-9,12-14H2,1-2H3,(H,19,23);3-6H,1-2H3. The summed E-state index contributed by atoms with van der Waals surface area (Å²) in [5.74, 6) is 1.11. The minimum Gasteiger partial charge on any atom is -0.356 e. The lowest BCUT2D eigenvalue weighted by Gasteiger charge is -2.09. The van der Waals surface area contributed by atoms with E-state index in [1.165, 1.54) is 11.1 Å². The average Bonchev–Trinajstić information content (AvgIpc) is 3.21.